The van der Waals surface area contributed by atoms with Crippen molar-refractivity contribution in [3.63, 3.8) is 0 Å². The maximum Gasteiger partial charge on any atom is 0.142 e. The van der Waals surface area contributed by atoms with E-state index in [-0.39, 0.29) is 0 Å². The molecule has 0 saturated heterocycles. The predicted octanol–water partition coefficient (Wildman–Crippen LogP) is 2.79. The zero-order valence-corrected chi connectivity index (χ0v) is 11.6. The molecule has 1 aliphatic carbocycles. The van der Waals surface area contributed by atoms with Crippen LogP contribution in [0.3, 0.4) is 0 Å². The number of anilines is 1. The second-order valence-corrected chi connectivity index (χ2v) is 5.80. The predicted molar refractivity (Wildman–Crippen MR) is 78.7 cm³/mol. The molecule has 0 bridgehead atoms. The van der Waals surface area contributed by atoms with E-state index in [1.54, 1.807) is 0 Å². The van der Waals surface area contributed by atoms with Gasteiger partial charge in [0.25, 0.3) is 0 Å². The summed E-state index contributed by atoms with van der Waals surface area (Å²) in [5.74, 6) is 1.76. The summed E-state index contributed by atoms with van der Waals surface area (Å²) >= 11 is 0. The van der Waals surface area contributed by atoms with Crippen LogP contribution >= 0.6 is 0 Å². The maximum atomic E-state index is 6.18. The minimum atomic E-state index is 0.429. The Hall–Kier alpha value is -1.22. The maximum absolute atomic E-state index is 6.18. The van der Waals surface area contributed by atoms with Gasteiger partial charge in [0, 0.05) is 19.1 Å². The Kier molecular flexibility index (Phi) is 3.92. The molecule has 1 aliphatic heterocycles. The third-order valence-corrected chi connectivity index (χ3v) is 4.52. The number of para-hydroxylation sites is 2. The molecule has 3 nitrogen and oxygen atoms in total. The van der Waals surface area contributed by atoms with E-state index in [0.29, 0.717) is 6.04 Å². The molecule has 0 amide bonds. The highest BCUT2D eigenvalue weighted by Crippen LogP contribution is 2.32. The van der Waals surface area contributed by atoms with Gasteiger partial charge >= 0.3 is 0 Å². The van der Waals surface area contributed by atoms with Crippen LogP contribution in [0, 0.1) is 5.92 Å². The largest absolute Gasteiger partial charge is 0.491 e. The van der Waals surface area contributed by atoms with Gasteiger partial charge in [-0.3, -0.25) is 0 Å². The summed E-state index contributed by atoms with van der Waals surface area (Å²) in [7, 11) is 0. The second-order valence-electron chi connectivity index (χ2n) is 5.80. The molecule has 0 spiro atoms. The normalized spacial score (nSPS) is 26.7. The Balaban J connectivity index is 1.67. The van der Waals surface area contributed by atoms with E-state index in [9.17, 15) is 0 Å². The van der Waals surface area contributed by atoms with Gasteiger partial charge in [0.2, 0.25) is 0 Å². The van der Waals surface area contributed by atoms with Gasteiger partial charge in [-0.2, -0.15) is 0 Å². The fraction of sp³-hybridized carbons (Fsp3) is 0.625. The summed E-state index contributed by atoms with van der Waals surface area (Å²) in [6.45, 7) is 3.04. The minimum absolute atomic E-state index is 0.429. The number of rotatable bonds is 3. The zero-order chi connectivity index (χ0) is 13.1. The highest BCUT2D eigenvalue weighted by Gasteiger charge is 2.25. The van der Waals surface area contributed by atoms with Gasteiger partial charge < -0.3 is 15.4 Å². The number of hydrogen-bond donors (Lipinski definition) is 1. The Morgan fingerprint density at radius 1 is 1.21 bits per heavy atom. The van der Waals surface area contributed by atoms with Crippen LogP contribution in [0.5, 0.6) is 5.75 Å². The summed E-state index contributed by atoms with van der Waals surface area (Å²) in [6, 6.07) is 8.83. The monoisotopic (exact) mass is 260 g/mol. The van der Waals surface area contributed by atoms with Gasteiger partial charge in [-0.1, -0.05) is 18.6 Å². The first-order valence-electron chi connectivity index (χ1n) is 7.57. The molecular formula is C16H24N2O. The Morgan fingerprint density at radius 2 is 2.11 bits per heavy atom. The lowest BCUT2D eigenvalue weighted by molar-refractivity contribution is 0.322. The van der Waals surface area contributed by atoms with Crippen molar-refractivity contribution in [1.29, 1.82) is 0 Å². The highest BCUT2D eigenvalue weighted by atomic mass is 16.5. The van der Waals surface area contributed by atoms with Gasteiger partial charge in [0.1, 0.15) is 5.75 Å². The van der Waals surface area contributed by atoms with Crippen LogP contribution in [0.1, 0.15) is 32.1 Å². The van der Waals surface area contributed by atoms with Gasteiger partial charge in [0.05, 0.1) is 12.3 Å². The molecule has 3 rings (SSSR count). The summed E-state index contributed by atoms with van der Waals surface area (Å²) in [5.41, 5.74) is 7.43. The molecule has 1 heterocycles. The van der Waals surface area contributed by atoms with E-state index < -0.39 is 0 Å². The Labute approximate surface area is 115 Å². The lowest BCUT2D eigenvalue weighted by Gasteiger charge is -2.26. The zero-order valence-electron chi connectivity index (χ0n) is 11.6. The van der Waals surface area contributed by atoms with E-state index in [1.807, 2.05) is 0 Å². The number of fused-ring (bicyclic) bond motifs is 1. The van der Waals surface area contributed by atoms with Crippen molar-refractivity contribution in [2.75, 3.05) is 24.6 Å². The third-order valence-electron chi connectivity index (χ3n) is 4.52. The second kappa shape index (κ2) is 5.83. The third kappa shape index (κ3) is 2.86. The van der Waals surface area contributed by atoms with E-state index in [0.717, 1.165) is 37.8 Å². The number of nitrogens with zero attached hydrogens (tertiary/aromatic N) is 1. The van der Waals surface area contributed by atoms with E-state index in [1.165, 1.54) is 31.4 Å². The molecule has 2 N–H and O–H groups in total. The van der Waals surface area contributed by atoms with Crippen molar-refractivity contribution in [3.8, 4) is 5.75 Å². The highest BCUT2D eigenvalue weighted by molar-refractivity contribution is 5.58. The molecule has 3 heteroatoms. The lowest BCUT2D eigenvalue weighted by atomic mass is 10.00. The fourth-order valence-electron chi connectivity index (χ4n) is 3.38. The quantitative estimate of drug-likeness (QED) is 0.908. The first kappa shape index (κ1) is 12.8. The first-order chi connectivity index (χ1) is 9.34. The number of nitrogens with two attached hydrogens (primary N) is 1. The molecular weight excluding hydrogens is 236 g/mol. The number of ether oxygens (including phenoxy) is 1. The summed E-state index contributed by atoms with van der Waals surface area (Å²) in [5, 5.41) is 0. The standard InChI is InChI=1S/C16H24N2O/c17-14-6-3-5-13(14)9-11-18-10-4-12-19-16-8-2-1-7-15(16)18/h1-2,7-8,13-14H,3-6,9-12,17H2. The molecule has 19 heavy (non-hydrogen) atoms. The average molecular weight is 260 g/mol. The molecule has 104 valence electrons. The summed E-state index contributed by atoms with van der Waals surface area (Å²) in [6.07, 6.45) is 6.16. The van der Waals surface area contributed by atoms with Crippen molar-refractivity contribution in [3.05, 3.63) is 24.3 Å². The van der Waals surface area contributed by atoms with Crippen molar-refractivity contribution in [2.45, 2.75) is 38.1 Å². The van der Waals surface area contributed by atoms with Crippen LogP contribution in [-0.2, 0) is 0 Å². The molecule has 1 aromatic rings. The number of hydrogen-bond acceptors (Lipinski definition) is 3. The van der Waals surface area contributed by atoms with Crippen LogP contribution in [0.2, 0.25) is 0 Å². The molecule has 2 aliphatic rings. The molecule has 0 radical (unpaired) electrons. The van der Waals surface area contributed by atoms with Crippen molar-refractivity contribution in [1.82, 2.24) is 0 Å². The molecule has 1 fully saturated rings. The SMILES string of the molecule is NC1CCCC1CCN1CCCOc2ccccc21. The van der Waals surface area contributed by atoms with E-state index in [2.05, 4.69) is 29.2 Å². The van der Waals surface area contributed by atoms with Gasteiger partial charge in [-0.15, -0.1) is 0 Å². The summed E-state index contributed by atoms with van der Waals surface area (Å²) in [4.78, 5) is 2.48. The molecule has 0 aromatic heterocycles. The fourth-order valence-corrected chi connectivity index (χ4v) is 3.38. The van der Waals surface area contributed by atoms with Crippen molar-refractivity contribution >= 4 is 5.69 Å². The molecule has 2 atom stereocenters. The van der Waals surface area contributed by atoms with Crippen LogP contribution in [0.4, 0.5) is 5.69 Å². The van der Waals surface area contributed by atoms with Gasteiger partial charge in [0.15, 0.2) is 0 Å². The van der Waals surface area contributed by atoms with E-state index >= 15 is 0 Å². The van der Waals surface area contributed by atoms with Crippen LogP contribution in [0.15, 0.2) is 24.3 Å². The van der Waals surface area contributed by atoms with Crippen LogP contribution in [-0.4, -0.2) is 25.7 Å². The topological polar surface area (TPSA) is 38.5 Å². The first-order valence-corrected chi connectivity index (χ1v) is 7.57. The number of benzene rings is 1. The van der Waals surface area contributed by atoms with Gasteiger partial charge in [-0.05, 0) is 43.7 Å². The summed E-state index contributed by atoms with van der Waals surface area (Å²) < 4.78 is 5.81. The minimum Gasteiger partial charge on any atom is -0.491 e. The van der Waals surface area contributed by atoms with Gasteiger partial charge in [-0.25, -0.2) is 0 Å². The smallest absolute Gasteiger partial charge is 0.142 e. The van der Waals surface area contributed by atoms with E-state index in [4.69, 9.17) is 10.5 Å². The molecule has 2 unspecified atom stereocenters. The molecule has 1 saturated carbocycles. The van der Waals surface area contributed by atoms with Crippen LogP contribution in [0.25, 0.3) is 0 Å². The molecule has 1 aromatic carbocycles. The van der Waals surface area contributed by atoms with Crippen molar-refractivity contribution < 1.29 is 4.74 Å². The van der Waals surface area contributed by atoms with Crippen LogP contribution < -0.4 is 15.4 Å². The lowest BCUT2D eigenvalue weighted by Crippen LogP contribution is -2.31. The Morgan fingerprint density at radius 3 is 2.95 bits per heavy atom. The Bertz CT molecular complexity index is 421. The van der Waals surface area contributed by atoms with Crippen molar-refractivity contribution in [2.24, 2.45) is 11.7 Å². The average Bonchev–Trinajstić information content (AvgIpc) is 2.73.